The van der Waals surface area contributed by atoms with Gasteiger partial charge in [-0.05, 0) is 19.4 Å². The molecule has 0 unspecified atom stereocenters. The van der Waals surface area contributed by atoms with Gasteiger partial charge in [0.1, 0.15) is 0 Å². The molecule has 1 heterocycles. The monoisotopic (exact) mass is 303 g/mol. The lowest BCUT2D eigenvalue weighted by molar-refractivity contribution is -0.114. The predicted molar refractivity (Wildman–Crippen MR) is 87.2 cm³/mol. The Labute approximate surface area is 129 Å². The van der Waals surface area contributed by atoms with Crippen molar-refractivity contribution in [2.75, 3.05) is 5.32 Å². The molecule has 0 saturated heterocycles. The topological polar surface area (TPSA) is 45.2 Å². The van der Waals surface area contributed by atoms with Crippen LogP contribution >= 0.6 is 11.3 Å². The average Bonchev–Trinajstić information content (AvgIpc) is 2.85. The van der Waals surface area contributed by atoms with Crippen LogP contribution in [0.25, 0.3) is 0 Å². The molecule has 0 bridgehead atoms. The molecular formula is C16H21N3OS. The molecule has 1 aromatic carbocycles. The Hall–Kier alpha value is -1.72. The SMILES string of the molecule is CC(=O)Nc1nc(CN(Cc2ccccc2)C(C)C)cs1. The maximum Gasteiger partial charge on any atom is 0.223 e. The van der Waals surface area contributed by atoms with Crippen molar-refractivity contribution in [2.45, 2.75) is 39.9 Å². The number of hydrogen-bond donors (Lipinski definition) is 1. The van der Waals surface area contributed by atoms with Crippen molar-refractivity contribution in [1.29, 1.82) is 0 Å². The zero-order valence-electron chi connectivity index (χ0n) is 12.7. The number of rotatable bonds is 6. The van der Waals surface area contributed by atoms with E-state index in [1.54, 1.807) is 0 Å². The summed E-state index contributed by atoms with van der Waals surface area (Å²) in [6.45, 7) is 7.54. The third-order valence-electron chi connectivity index (χ3n) is 3.16. The van der Waals surface area contributed by atoms with Gasteiger partial charge >= 0.3 is 0 Å². The Morgan fingerprint density at radius 1 is 1.29 bits per heavy atom. The van der Waals surface area contributed by atoms with Crippen LogP contribution in [0.3, 0.4) is 0 Å². The number of thiazole rings is 1. The Morgan fingerprint density at radius 3 is 2.62 bits per heavy atom. The highest BCUT2D eigenvalue weighted by molar-refractivity contribution is 7.13. The van der Waals surface area contributed by atoms with Crippen molar-refractivity contribution in [3.8, 4) is 0 Å². The van der Waals surface area contributed by atoms with Gasteiger partial charge in [-0.25, -0.2) is 4.98 Å². The number of carbonyl (C=O) groups excluding carboxylic acids is 1. The van der Waals surface area contributed by atoms with Crippen molar-refractivity contribution in [3.63, 3.8) is 0 Å². The average molecular weight is 303 g/mol. The van der Waals surface area contributed by atoms with Crippen LogP contribution in [0.15, 0.2) is 35.7 Å². The van der Waals surface area contributed by atoms with E-state index < -0.39 is 0 Å². The summed E-state index contributed by atoms with van der Waals surface area (Å²) in [6.07, 6.45) is 0. The summed E-state index contributed by atoms with van der Waals surface area (Å²) in [5.41, 5.74) is 2.29. The predicted octanol–water partition coefficient (Wildman–Crippen LogP) is 3.51. The van der Waals surface area contributed by atoms with Crippen molar-refractivity contribution < 1.29 is 4.79 Å². The van der Waals surface area contributed by atoms with Gasteiger partial charge in [-0.3, -0.25) is 9.69 Å². The fourth-order valence-electron chi connectivity index (χ4n) is 2.03. The molecule has 0 aliphatic rings. The molecule has 0 fully saturated rings. The van der Waals surface area contributed by atoms with Gasteiger partial charge in [-0.1, -0.05) is 30.3 Å². The highest BCUT2D eigenvalue weighted by Crippen LogP contribution is 2.19. The summed E-state index contributed by atoms with van der Waals surface area (Å²) >= 11 is 1.47. The summed E-state index contributed by atoms with van der Waals surface area (Å²) in [4.78, 5) is 17.9. The van der Waals surface area contributed by atoms with Gasteiger partial charge < -0.3 is 5.32 Å². The van der Waals surface area contributed by atoms with Gasteiger partial charge in [0.15, 0.2) is 5.13 Å². The maximum absolute atomic E-state index is 11.0. The maximum atomic E-state index is 11.0. The lowest BCUT2D eigenvalue weighted by Gasteiger charge is -2.25. The largest absolute Gasteiger partial charge is 0.302 e. The number of hydrogen-bond acceptors (Lipinski definition) is 4. The first-order valence-electron chi connectivity index (χ1n) is 7.04. The molecule has 1 amide bonds. The van der Waals surface area contributed by atoms with E-state index in [0.717, 1.165) is 18.8 Å². The van der Waals surface area contributed by atoms with Crippen LogP contribution in [0.1, 0.15) is 32.0 Å². The molecule has 0 radical (unpaired) electrons. The van der Waals surface area contributed by atoms with Gasteiger partial charge in [-0.15, -0.1) is 11.3 Å². The van der Waals surface area contributed by atoms with Gasteiger partial charge in [0.25, 0.3) is 0 Å². The smallest absolute Gasteiger partial charge is 0.223 e. The molecule has 0 atom stereocenters. The summed E-state index contributed by atoms with van der Waals surface area (Å²) in [5.74, 6) is -0.0825. The fraction of sp³-hybridized carbons (Fsp3) is 0.375. The Morgan fingerprint density at radius 2 is 2.00 bits per heavy atom. The minimum atomic E-state index is -0.0825. The molecule has 1 N–H and O–H groups in total. The van der Waals surface area contributed by atoms with E-state index in [1.807, 2.05) is 11.4 Å². The van der Waals surface area contributed by atoms with Gasteiger partial charge in [0.2, 0.25) is 5.91 Å². The molecular weight excluding hydrogens is 282 g/mol. The van der Waals surface area contributed by atoms with Crippen LogP contribution in [0, 0.1) is 0 Å². The summed E-state index contributed by atoms with van der Waals surface area (Å²) in [5, 5.41) is 5.40. The molecule has 0 aliphatic carbocycles. The van der Waals surface area contributed by atoms with Crippen LogP contribution in [-0.2, 0) is 17.9 Å². The standard InChI is InChI=1S/C16H21N3OS/c1-12(2)19(9-14-7-5-4-6-8-14)10-15-11-21-16(18-15)17-13(3)20/h4-8,11-12H,9-10H2,1-3H3,(H,17,18,20). The highest BCUT2D eigenvalue weighted by atomic mass is 32.1. The second-order valence-corrected chi connectivity index (χ2v) is 6.17. The van der Waals surface area contributed by atoms with Crippen LogP contribution in [0.4, 0.5) is 5.13 Å². The zero-order chi connectivity index (χ0) is 15.2. The van der Waals surface area contributed by atoms with E-state index in [9.17, 15) is 4.79 Å². The summed E-state index contributed by atoms with van der Waals surface area (Å²) < 4.78 is 0. The third-order valence-corrected chi connectivity index (χ3v) is 3.97. The van der Waals surface area contributed by atoms with E-state index in [0.29, 0.717) is 11.2 Å². The molecule has 0 spiro atoms. The lowest BCUT2D eigenvalue weighted by atomic mass is 10.2. The van der Waals surface area contributed by atoms with Crippen LogP contribution in [0.2, 0.25) is 0 Å². The molecule has 21 heavy (non-hydrogen) atoms. The van der Waals surface area contributed by atoms with Crippen molar-refractivity contribution in [1.82, 2.24) is 9.88 Å². The first-order valence-corrected chi connectivity index (χ1v) is 7.92. The van der Waals surface area contributed by atoms with Crippen molar-refractivity contribution in [3.05, 3.63) is 47.0 Å². The van der Waals surface area contributed by atoms with Gasteiger partial charge in [0.05, 0.1) is 5.69 Å². The van der Waals surface area contributed by atoms with Crippen LogP contribution < -0.4 is 5.32 Å². The minimum absolute atomic E-state index is 0.0825. The number of nitrogens with one attached hydrogen (secondary N) is 1. The fourth-order valence-corrected chi connectivity index (χ4v) is 2.78. The van der Waals surface area contributed by atoms with E-state index in [2.05, 4.69) is 53.3 Å². The first kappa shape index (κ1) is 15.7. The van der Waals surface area contributed by atoms with E-state index in [-0.39, 0.29) is 5.91 Å². The molecule has 4 nitrogen and oxygen atoms in total. The van der Waals surface area contributed by atoms with Gasteiger partial charge in [-0.2, -0.15) is 0 Å². The third kappa shape index (κ3) is 4.95. The number of benzene rings is 1. The Kier molecular flexibility index (Phi) is 5.47. The number of anilines is 1. The minimum Gasteiger partial charge on any atom is -0.302 e. The second-order valence-electron chi connectivity index (χ2n) is 5.31. The molecule has 2 rings (SSSR count). The number of carbonyl (C=O) groups is 1. The molecule has 112 valence electrons. The summed E-state index contributed by atoms with van der Waals surface area (Å²) in [7, 11) is 0. The quantitative estimate of drug-likeness (QED) is 0.888. The lowest BCUT2D eigenvalue weighted by Crippen LogP contribution is -2.29. The zero-order valence-corrected chi connectivity index (χ0v) is 13.5. The second kappa shape index (κ2) is 7.33. The van der Waals surface area contributed by atoms with E-state index >= 15 is 0 Å². The number of nitrogens with zero attached hydrogens (tertiary/aromatic N) is 2. The van der Waals surface area contributed by atoms with E-state index in [1.165, 1.54) is 23.8 Å². The highest BCUT2D eigenvalue weighted by Gasteiger charge is 2.13. The summed E-state index contributed by atoms with van der Waals surface area (Å²) in [6, 6.07) is 10.9. The normalized spacial score (nSPS) is 11.1. The number of amides is 1. The molecule has 0 aliphatic heterocycles. The Balaban J connectivity index is 2.02. The molecule has 5 heteroatoms. The molecule has 1 aromatic heterocycles. The van der Waals surface area contributed by atoms with Crippen molar-refractivity contribution >= 4 is 22.4 Å². The van der Waals surface area contributed by atoms with E-state index in [4.69, 9.17) is 0 Å². The van der Waals surface area contributed by atoms with Gasteiger partial charge in [0, 0.05) is 31.4 Å². The Bertz CT molecular complexity index is 580. The van der Waals surface area contributed by atoms with Crippen molar-refractivity contribution in [2.24, 2.45) is 0 Å². The molecule has 2 aromatic rings. The molecule has 0 saturated carbocycles. The van der Waals surface area contributed by atoms with Crippen LogP contribution in [0.5, 0.6) is 0 Å². The number of aromatic nitrogens is 1. The van der Waals surface area contributed by atoms with Crippen LogP contribution in [-0.4, -0.2) is 21.8 Å². The first-order chi connectivity index (χ1) is 10.0.